The first kappa shape index (κ1) is 10.5. The molecule has 2 aromatic heterocycles. The van der Waals surface area contributed by atoms with Crippen LogP contribution in [0.4, 0.5) is 5.95 Å². The number of rotatable bonds is 2. The average Bonchev–Trinajstić information content (AvgIpc) is 2.73. The molecule has 2 aromatic rings. The predicted molar refractivity (Wildman–Crippen MR) is 65.3 cm³/mol. The molecule has 6 heteroatoms. The lowest BCUT2D eigenvalue weighted by atomic mass is 10.00. The molecule has 3 heterocycles. The minimum absolute atomic E-state index is 0.306. The van der Waals surface area contributed by atoms with Crippen LogP contribution in [0.2, 0.25) is 0 Å². The van der Waals surface area contributed by atoms with Crippen molar-refractivity contribution in [2.24, 2.45) is 5.92 Å². The normalized spacial score (nSPS) is 20.8. The maximum atomic E-state index is 5.61. The fourth-order valence-electron chi connectivity index (χ4n) is 2.36. The number of fused-ring (bicyclic) bond motifs is 1. The van der Waals surface area contributed by atoms with E-state index in [4.69, 9.17) is 5.73 Å². The van der Waals surface area contributed by atoms with E-state index in [2.05, 4.69) is 24.8 Å². The monoisotopic (exact) mass is 232 g/mol. The standard InChI is InChI=1S/C11H16N6/c12-11-14-5-9-10(16-11)17(7-15-9)6-8-2-1-3-13-4-8/h5,7-8,13H,1-4,6H2,(H2,12,14,16)/t8-/m1/s1. The van der Waals surface area contributed by atoms with Crippen LogP contribution in [0.1, 0.15) is 12.8 Å². The third kappa shape index (κ3) is 2.08. The van der Waals surface area contributed by atoms with E-state index in [0.717, 1.165) is 30.8 Å². The van der Waals surface area contributed by atoms with Gasteiger partial charge in [0.1, 0.15) is 5.52 Å². The molecule has 0 bridgehead atoms. The molecule has 0 radical (unpaired) electrons. The summed E-state index contributed by atoms with van der Waals surface area (Å²) in [7, 11) is 0. The van der Waals surface area contributed by atoms with Crippen molar-refractivity contribution in [2.45, 2.75) is 19.4 Å². The molecule has 0 spiro atoms. The van der Waals surface area contributed by atoms with Crippen LogP contribution in [0.5, 0.6) is 0 Å². The van der Waals surface area contributed by atoms with E-state index >= 15 is 0 Å². The molecule has 0 unspecified atom stereocenters. The van der Waals surface area contributed by atoms with Crippen molar-refractivity contribution in [1.82, 2.24) is 24.8 Å². The van der Waals surface area contributed by atoms with Crippen LogP contribution < -0.4 is 11.1 Å². The lowest BCUT2D eigenvalue weighted by molar-refractivity contribution is 0.339. The van der Waals surface area contributed by atoms with Gasteiger partial charge in [-0.2, -0.15) is 4.98 Å². The third-order valence-electron chi connectivity index (χ3n) is 3.23. The van der Waals surface area contributed by atoms with Gasteiger partial charge in [0.05, 0.1) is 12.5 Å². The molecule has 0 amide bonds. The predicted octanol–water partition coefficient (Wildman–Crippen LogP) is 0.408. The SMILES string of the molecule is Nc1ncc2ncn(C[C@@H]3CCCNC3)c2n1. The Morgan fingerprint density at radius 1 is 1.47 bits per heavy atom. The quantitative estimate of drug-likeness (QED) is 0.783. The number of nitrogens with two attached hydrogens (primary N) is 1. The summed E-state index contributed by atoms with van der Waals surface area (Å²) in [6.45, 7) is 3.15. The summed E-state index contributed by atoms with van der Waals surface area (Å²) in [4.78, 5) is 12.5. The number of imidazole rings is 1. The second-order valence-electron chi connectivity index (χ2n) is 4.55. The van der Waals surface area contributed by atoms with Crippen LogP contribution in [0.3, 0.4) is 0 Å². The van der Waals surface area contributed by atoms with Crippen LogP contribution in [0.15, 0.2) is 12.5 Å². The lowest BCUT2D eigenvalue weighted by Gasteiger charge is -2.22. The highest BCUT2D eigenvalue weighted by molar-refractivity contribution is 5.70. The van der Waals surface area contributed by atoms with Crippen molar-refractivity contribution in [3.05, 3.63) is 12.5 Å². The van der Waals surface area contributed by atoms with Crippen molar-refractivity contribution < 1.29 is 0 Å². The van der Waals surface area contributed by atoms with Crippen LogP contribution in [-0.4, -0.2) is 32.6 Å². The van der Waals surface area contributed by atoms with E-state index in [1.165, 1.54) is 12.8 Å². The van der Waals surface area contributed by atoms with E-state index in [9.17, 15) is 0 Å². The van der Waals surface area contributed by atoms with Gasteiger partial charge in [-0.25, -0.2) is 9.97 Å². The molecule has 17 heavy (non-hydrogen) atoms. The molecule has 6 nitrogen and oxygen atoms in total. The number of piperidine rings is 1. The molecule has 1 atom stereocenters. The maximum absolute atomic E-state index is 5.61. The van der Waals surface area contributed by atoms with Gasteiger partial charge in [-0.3, -0.25) is 0 Å². The van der Waals surface area contributed by atoms with Gasteiger partial charge in [0.25, 0.3) is 0 Å². The molecule has 1 aliphatic rings. The summed E-state index contributed by atoms with van der Waals surface area (Å²) in [5.41, 5.74) is 7.25. The second kappa shape index (κ2) is 4.29. The van der Waals surface area contributed by atoms with Crippen molar-refractivity contribution in [1.29, 1.82) is 0 Å². The minimum Gasteiger partial charge on any atom is -0.368 e. The number of nitrogen functional groups attached to an aromatic ring is 1. The summed E-state index contributed by atoms with van der Waals surface area (Å²) in [5, 5.41) is 3.42. The molecule has 1 aliphatic heterocycles. The Balaban J connectivity index is 1.86. The fraction of sp³-hybridized carbons (Fsp3) is 0.545. The van der Waals surface area contributed by atoms with Crippen LogP contribution in [-0.2, 0) is 6.54 Å². The molecule has 0 aliphatic carbocycles. The number of hydrogen-bond acceptors (Lipinski definition) is 5. The van der Waals surface area contributed by atoms with Crippen molar-refractivity contribution >= 4 is 17.1 Å². The zero-order valence-electron chi connectivity index (χ0n) is 9.63. The summed E-state index contributed by atoms with van der Waals surface area (Å²) in [6, 6.07) is 0. The van der Waals surface area contributed by atoms with Gasteiger partial charge < -0.3 is 15.6 Å². The van der Waals surface area contributed by atoms with E-state index in [0.29, 0.717) is 11.9 Å². The Morgan fingerprint density at radius 3 is 3.24 bits per heavy atom. The molecular weight excluding hydrogens is 216 g/mol. The van der Waals surface area contributed by atoms with Crippen molar-refractivity contribution in [3.8, 4) is 0 Å². The van der Waals surface area contributed by atoms with Gasteiger partial charge in [-0.1, -0.05) is 0 Å². The minimum atomic E-state index is 0.306. The van der Waals surface area contributed by atoms with Crippen LogP contribution in [0, 0.1) is 5.92 Å². The summed E-state index contributed by atoms with van der Waals surface area (Å²) < 4.78 is 2.07. The molecule has 0 aromatic carbocycles. The van der Waals surface area contributed by atoms with E-state index in [1.54, 1.807) is 6.20 Å². The van der Waals surface area contributed by atoms with Gasteiger partial charge in [-0.05, 0) is 31.8 Å². The highest BCUT2D eigenvalue weighted by Gasteiger charge is 2.15. The number of anilines is 1. The Bertz CT molecular complexity index is 514. The third-order valence-corrected chi connectivity index (χ3v) is 3.23. The highest BCUT2D eigenvalue weighted by Crippen LogP contribution is 2.16. The number of hydrogen-bond donors (Lipinski definition) is 2. The first-order chi connectivity index (χ1) is 8.33. The Labute approximate surface area is 99.3 Å². The highest BCUT2D eigenvalue weighted by atomic mass is 15.1. The van der Waals surface area contributed by atoms with Gasteiger partial charge in [0.2, 0.25) is 5.95 Å². The van der Waals surface area contributed by atoms with E-state index in [-0.39, 0.29) is 0 Å². The number of nitrogens with one attached hydrogen (secondary N) is 1. The van der Waals surface area contributed by atoms with Crippen LogP contribution >= 0.6 is 0 Å². The molecule has 90 valence electrons. The maximum Gasteiger partial charge on any atom is 0.222 e. The summed E-state index contributed by atoms with van der Waals surface area (Å²) >= 11 is 0. The second-order valence-corrected chi connectivity index (χ2v) is 4.55. The molecule has 1 fully saturated rings. The topological polar surface area (TPSA) is 81.6 Å². The van der Waals surface area contributed by atoms with Crippen molar-refractivity contribution in [2.75, 3.05) is 18.8 Å². The largest absolute Gasteiger partial charge is 0.368 e. The zero-order chi connectivity index (χ0) is 11.7. The molecule has 3 N–H and O–H groups in total. The van der Waals surface area contributed by atoms with Gasteiger partial charge in [0, 0.05) is 6.54 Å². The zero-order valence-corrected chi connectivity index (χ0v) is 9.63. The smallest absolute Gasteiger partial charge is 0.222 e. The fourth-order valence-corrected chi connectivity index (χ4v) is 2.36. The van der Waals surface area contributed by atoms with Crippen LogP contribution in [0.25, 0.3) is 11.2 Å². The summed E-state index contributed by atoms with van der Waals surface area (Å²) in [6.07, 6.45) is 6.00. The van der Waals surface area contributed by atoms with Gasteiger partial charge in [0.15, 0.2) is 5.65 Å². The van der Waals surface area contributed by atoms with E-state index in [1.807, 2.05) is 6.33 Å². The summed E-state index contributed by atoms with van der Waals surface area (Å²) in [5.74, 6) is 0.957. The molecule has 0 saturated carbocycles. The van der Waals surface area contributed by atoms with Gasteiger partial charge >= 0.3 is 0 Å². The lowest BCUT2D eigenvalue weighted by Crippen LogP contribution is -2.32. The number of nitrogens with zero attached hydrogens (tertiary/aromatic N) is 4. The van der Waals surface area contributed by atoms with Crippen molar-refractivity contribution in [3.63, 3.8) is 0 Å². The van der Waals surface area contributed by atoms with E-state index < -0.39 is 0 Å². The first-order valence-corrected chi connectivity index (χ1v) is 5.97. The molecular formula is C11H16N6. The molecule has 3 rings (SSSR count). The Morgan fingerprint density at radius 2 is 2.41 bits per heavy atom. The first-order valence-electron chi connectivity index (χ1n) is 5.97. The molecule has 1 saturated heterocycles. The Kier molecular flexibility index (Phi) is 2.64. The van der Waals surface area contributed by atoms with Gasteiger partial charge in [-0.15, -0.1) is 0 Å². The number of aromatic nitrogens is 4. The Hall–Kier alpha value is -1.69. The average molecular weight is 232 g/mol.